The molecule has 1 aliphatic rings. The van der Waals surface area contributed by atoms with Crippen LogP contribution in [0, 0.1) is 0 Å². The maximum atomic E-state index is 11.9. The van der Waals surface area contributed by atoms with Crippen molar-refractivity contribution in [2.45, 2.75) is 32.2 Å². The van der Waals surface area contributed by atoms with Crippen molar-refractivity contribution in [3.05, 3.63) is 59.7 Å². The highest BCUT2D eigenvalue weighted by molar-refractivity contribution is 5.94. The van der Waals surface area contributed by atoms with Gasteiger partial charge < -0.3 is 20.1 Å². The maximum Gasteiger partial charge on any atom is 0.251 e. The van der Waals surface area contributed by atoms with Gasteiger partial charge in [-0.3, -0.25) is 9.59 Å². The Hall–Kier alpha value is -3.02. The van der Waals surface area contributed by atoms with Crippen LogP contribution in [0.25, 0.3) is 0 Å². The number of nitrogens with one attached hydrogen (secondary N) is 2. The third-order valence-electron chi connectivity index (χ3n) is 4.33. The minimum atomic E-state index is -0.0583. The van der Waals surface area contributed by atoms with Crippen molar-refractivity contribution in [2.75, 3.05) is 13.3 Å². The summed E-state index contributed by atoms with van der Waals surface area (Å²) in [6.45, 7) is 1.34. The molecule has 0 aliphatic carbocycles. The summed E-state index contributed by atoms with van der Waals surface area (Å²) in [5.41, 5.74) is 1.65. The van der Waals surface area contributed by atoms with E-state index < -0.39 is 0 Å². The molecule has 0 fully saturated rings. The fraction of sp³-hybridized carbons (Fsp3) is 0.333. The molecule has 0 spiro atoms. The topological polar surface area (TPSA) is 76.7 Å². The average Bonchev–Trinajstić information content (AvgIpc) is 3.17. The van der Waals surface area contributed by atoms with E-state index in [1.807, 2.05) is 36.4 Å². The van der Waals surface area contributed by atoms with Crippen LogP contribution in [0.3, 0.4) is 0 Å². The van der Waals surface area contributed by atoms with E-state index in [2.05, 4.69) is 10.6 Å². The van der Waals surface area contributed by atoms with E-state index in [-0.39, 0.29) is 18.6 Å². The monoisotopic (exact) mass is 368 g/mol. The number of benzene rings is 2. The Bertz CT molecular complexity index is 777. The van der Waals surface area contributed by atoms with Gasteiger partial charge in [0.1, 0.15) is 0 Å². The number of unbranched alkanes of at least 4 members (excludes halogenated alkanes) is 2. The first-order chi connectivity index (χ1) is 13.2. The summed E-state index contributed by atoms with van der Waals surface area (Å²) in [5, 5.41) is 5.81. The normalized spacial score (nSPS) is 11.9. The molecular formula is C21H24N2O4. The van der Waals surface area contributed by atoms with Gasteiger partial charge in [0.05, 0.1) is 0 Å². The number of rotatable bonds is 9. The van der Waals surface area contributed by atoms with E-state index >= 15 is 0 Å². The Kier molecular flexibility index (Phi) is 6.68. The van der Waals surface area contributed by atoms with Crippen molar-refractivity contribution >= 4 is 11.8 Å². The van der Waals surface area contributed by atoms with Crippen molar-refractivity contribution in [1.29, 1.82) is 0 Å². The molecule has 0 aromatic heterocycles. The van der Waals surface area contributed by atoms with Gasteiger partial charge in [0.25, 0.3) is 5.91 Å². The average molecular weight is 368 g/mol. The second kappa shape index (κ2) is 9.62. The second-order valence-corrected chi connectivity index (χ2v) is 6.40. The molecule has 0 saturated heterocycles. The van der Waals surface area contributed by atoms with Crippen molar-refractivity contribution in [1.82, 2.24) is 10.6 Å². The number of ether oxygens (including phenoxy) is 2. The molecule has 27 heavy (non-hydrogen) atoms. The van der Waals surface area contributed by atoms with Crippen LogP contribution < -0.4 is 20.1 Å². The van der Waals surface area contributed by atoms with Crippen molar-refractivity contribution in [3.8, 4) is 11.5 Å². The van der Waals surface area contributed by atoms with Gasteiger partial charge in [0.15, 0.2) is 11.5 Å². The van der Waals surface area contributed by atoms with E-state index in [4.69, 9.17) is 9.47 Å². The molecule has 6 heteroatoms. The van der Waals surface area contributed by atoms with E-state index in [1.165, 1.54) is 0 Å². The van der Waals surface area contributed by atoms with Crippen molar-refractivity contribution in [2.24, 2.45) is 0 Å². The molecule has 2 amide bonds. The Morgan fingerprint density at radius 3 is 2.56 bits per heavy atom. The number of amides is 2. The fourth-order valence-corrected chi connectivity index (χ4v) is 2.82. The van der Waals surface area contributed by atoms with Gasteiger partial charge in [-0.15, -0.1) is 0 Å². The molecule has 2 aromatic rings. The first-order valence-corrected chi connectivity index (χ1v) is 9.21. The molecule has 0 bridgehead atoms. The molecule has 142 valence electrons. The summed E-state index contributed by atoms with van der Waals surface area (Å²) in [6.07, 6.45) is 3.03. The summed E-state index contributed by atoms with van der Waals surface area (Å²) in [5.74, 6) is 1.43. The first-order valence-electron chi connectivity index (χ1n) is 9.21. The minimum absolute atomic E-state index is 0.0287. The lowest BCUT2D eigenvalue weighted by Crippen LogP contribution is -2.24. The number of hydrogen-bond donors (Lipinski definition) is 2. The zero-order chi connectivity index (χ0) is 18.9. The van der Waals surface area contributed by atoms with Gasteiger partial charge in [-0.05, 0) is 42.7 Å². The SMILES string of the molecule is O=C(CCCCCNC(=O)c1ccccc1)NCc1ccc2c(c1)OCO2. The zero-order valence-corrected chi connectivity index (χ0v) is 15.2. The standard InChI is InChI=1S/C21H24N2O4/c24-20(23-14-16-10-11-18-19(13-16)27-15-26-18)9-5-2-6-12-22-21(25)17-7-3-1-4-8-17/h1,3-4,7-8,10-11,13H,2,5-6,9,12,14-15H2,(H,22,25)(H,23,24). The molecule has 6 nitrogen and oxygen atoms in total. The van der Waals surface area contributed by atoms with Gasteiger partial charge in [0, 0.05) is 25.1 Å². The molecule has 0 unspecified atom stereocenters. The molecule has 2 N–H and O–H groups in total. The Morgan fingerprint density at radius 2 is 1.70 bits per heavy atom. The van der Waals surface area contributed by atoms with Crippen LogP contribution >= 0.6 is 0 Å². The van der Waals surface area contributed by atoms with Crippen LogP contribution in [0.1, 0.15) is 41.6 Å². The lowest BCUT2D eigenvalue weighted by molar-refractivity contribution is -0.121. The van der Waals surface area contributed by atoms with E-state index in [0.29, 0.717) is 25.1 Å². The van der Waals surface area contributed by atoms with Gasteiger partial charge in [-0.1, -0.05) is 30.7 Å². The first kappa shape index (κ1) is 18.8. The summed E-state index contributed by atoms with van der Waals surface area (Å²) in [6, 6.07) is 14.8. The third-order valence-corrected chi connectivity index (χ3v) is 4.33. The fourth-order valence-electron chi connectivity index (χ4n) is 2.82. The van der Waals surface area contributed by atoms with Crippen LogP contribution in [0.15, 0.2) is 48.5 Å². The van der Waals surface area contributed by atoms with Crippen LogP contribution in [-0.2, 0) is 11.3 Å². The van der Waals surface area contributed by atoms with Crippen LogP contribution in [0.4, 0.5) is 0 Å². The molecule has 0 saturated carbocycles. The highest BCUT2D eigenvalue weighted by atomic mass is 16.7. The van der Waals surface area contributed by atoms with Crippen LogP contribution in [0.2, 0.25) is 0 Å². The van der Waals surface area contributed by atoms with Crippen LogP contribution in [-0.4, -0.2) is 25.2 Å². The molecular weight excluding hydrogens is 344 g/mol. The molecule has 0 radical (unpaired) electrons. The minimum Gasteiger partial charge on any atom is -0.454 e. The highest BCUT2D eigenvalue weighted by Gasteiger charge is 2.13. The predicted octanol–water partition coefficient (Wildman–Crippen LogP) is 3.02. The number of fused-ring (bicyclic) bond motifs is 1. The van der Waals surface area contributed by atoms with Gasteiger partial charge >= 0.3 is 0 Å². The van der Waals surface area contributed by atoms with Crippen LogP contribution in [0.5, 0.6) is 11.5 Å². The summed E-state index contributed by atoms with van der Waals surface area (Å²) in [7, 11) is 0. The Balaban J connectivity index is 1.25. The van der Waals surface area contributed by atoms with E-state index in [0.717, 1.165) is 36.3 Å². The Labute approximate surface area is 158 Å². The third kappa shape index (κ3) is 5.74. The molecule has 1 aliphatic heterocycles. The van der Waals surface area contributed by atoms with Gasteiger partial charge in [-0.25, -0.2) is 0 Å². The van der Waals surface area contributed by atoms with Crippen molar-refractivity contribution < 1.29 is 19.1 Å². The molecule has 1 heterocycles. The van der Waals surface area contributed by atoms with Crippen molar-refractivity contribution in [3.63, 3.8) is 0 Å². The highest BCUT2D eigenvalue weighted by Crippen LogP contribution is 2.32. The van der Waals surface area contributed by atoms with Gasteiger partial charge in [0.2, 0.25) is 12.7 Å². The summed E-state index contributed by atoms with van der Waals surface area (Å²) in [4.78, 5) is 23.8. The zero-order valence-electron chi connectivity index (χ0n) is 15.2. The maximum absolute atomic E-state index is 11.9. The van der Waals surface area contributed by atoms with E-state index in [9.17, 15) is 9.59 Å². The quantitative estimate of drug-likeness (QED) is 0.667. The summed E-state index contributed by atoms with van der Waals surface area (Å²) >= 11 is 0. The number of hydrogen-bond acceptors (Lipinski definition) is 4. The largest absolute Gasteiger partial charge is 0.454 e. The lowest BCUT2D eigenvalue weighted by Gasteiger charge is -2.07. The second-order valence-electron chi connectivity index (χ2n) is 6.40. The number of carbonyl (C=O) groups is 2. The molecule has 3 rings (SSSR count). The Morgan fingerprint density at radius 1 is 0.889 bits per heavy atom. The van der Waals surface area contributed by atoms with Gasteiger partial charge in [-0.2, -0.15) is 0 Å². The predicted molar refractivity (Wildman–Crippen MR) is 102 cm³/mol. The molecule has 2 aromatic carbocycles. The smallest absolute Gasteiger partial charge is 0.251 e. The lowest BCUT2D eigenvalue weighted by atomic mass is 10.1. The molecule has 0 atom stereocenters. The summed E-state index contributed by atoms with van der Waals surface area (Å²) < 4.78 is 10.6. The van der Waals surface area contributed by atoms with E-state index in [1.54, 1.807) is 12.1 Å². The number of carbonyl (C=O) groups excluding carboxylic acids is 2.